The molecule has 1 unspecified atom stereocenters. The summed E-state index contributed by atoms with van der Waals surface area (Å²) in [5.41, 5.74) is 5.48. The van der Waals surface area contributed by atoms with Gasteiger partial charge in [0, 0.05) is 13.1 Å². The van der Waals surface area contributed by atoms with E-state index in [1.807, 2.05) is 24.3 Å². The van der Waals surface area contributed by atoms with Gasteiger partial charge in [0.05, 0.1) is 19.8 Å². The van der Waals surface area contributed by atoms with E-state index in [-0.39, 0.29) is 6.23 Å². The molecule has 1 atom stereocenters. The molecular formula is C18H30N2O3. The summed E-state index contributed by atoms with van der Waals surface area (Å²) in [6.45, 7) is 7.04. The third-order valence-electron chi connectivity index (χ3n) is 4.06. The highest BCUT2D eigenvalue weighted by atomic mass is 16.5. The molecule has 0 aromatic heterocycles. The van der Waals surface area contributed by atoms with Crippen molar-refractivity contribution in [3.63, 3.8) is 0 Å². The van der Waals surface area contributed by atoms with Crippen molar-refractivity contribution >= 4 is 0 Å². The van der Waals surface area contributed by atoms with Gasteiger partial charge < -0.3 is 19.9 Å². The first-order chi connectivity index (χ1) is 11.3. The van der Waals surface area contributed by atoms with Crippen molar-refractivity contribution in [3.8, 4) is 11.5 Å². The zero-order valence-electron chi connectivity index (χ0n) is 14.2. The Morgan fingerprint density at radius 3 is 2.39 bits per heavy atom. The summed E-state index contributed by atoms with van der Waals surface area (Å²) in [7, 11) is 0. The molecule has 1 aliphatic rings. The van der Waals surface area contributed by atoms with Crippen molar-refractivity contribution in [2.24, 2.45) is 5.73 Å². The van der Waals surface area contributed by atoms with Crippen LogP contribution in [0.1, 0.15) is 32.6 Å². The first kappa shape index (κ1) is 18.0. The Bertz CT molecular complexity index is 419. The van der Waals surface area contributed by atoms with Gasteiger partial charge in [-0.05, 0) is 50.6 Å². The van der Waals surface area contributed by atoms with Crippen LogP contribution in [0.25, 0.3) is 0 Å². The zero-order valence-corrected chi connectivity index (χ0v) is 14.2. The number of morpholine rings is 1. The molecule has 1 fully saturated rings. The summed E-state index contributed by atoms with van der Waals surface area (Å²) in [5.74, 6) is 1.77. The Labute approximate surface area is 139 Å². The van der Waals surface area contributed by atoms with Crippen LogP contribution in [0.15, 0.2) is 24.3 Å². The average Bonchev–Trinajstić information content (AvgIpc) is 2.60. The van der Waals surface area contributed by atoms with E-state index in [1.165, 1.54) is 12.8 Å². The van der Waals surface area contributed by atoms with E-state index < -0.39 is 0 Å². The van der Waals surface area contributed by atoms with Crippen LogP contribution in [0.3, 0.4) is 0 Å². The Morgan fingerprint density at radius 1 is 1.04 bits per heavy atom. The first-order valence-corrected chi connectivity index (χ1v) is 8.71. The van der Waals surface area contributed by atoms with E-state index in [0.29, 0.717) is 0 Å². The van der Waals surface area contributed by atoms with Crippen LogP contribution in [0.4, 0.5) is 0 Å². The van der Waals surface area contributed by atoms with Gasteiger partial charge in [-0.1, -0.05) is 12.8 Å². The van der Waals surface area contributed by atoms with Gasteiger partial charge >= 0.3 is 0 Å². The van der Waals surface area contributed by atoms with E-state index in [1.54, 1.807) is 0 Å². The number of ether oxygens (including phenoxy) is 3. The highest BCUT2D eigenvalue weighted by Gasteiger charge is 2.18. The molecule has 1 saturated heterocycles. The summed E-state index contributed by atoms with van der Waals surface area (Å²) in [4.78, 5) is 2.29. The summed E-state index contributed by atoms with van der Waals surface area (Å²) < 4.78 is 17.1. The standard InChI is InChI=1S/C18H30N2O3/c1-16(20-11-14-21-15-12-20)23-18-8-6-17(7-9-18)22-13-5-3-2-4-10-19/h6-9,16H,2-5,10-15,19H2,1H3. The van der Waals surface area contributed by atoms with E-state index in [2.05, 4.69) is 11.8 Å². The lowest BCUT2D eigenvalue weighted by molar-refractivity contribution is -0.0373. The second-order valence-electron chi connectivity index (χ2n) is 5.89. The minimum absolute atomic E-state index is 0.0632. The van der Waals surface area contributed by atoms with Crippen LogP contribution < -0.4 is 15.2 Å². The van der Waals surface area contributed by atoms with Crippen molar-refractivity contribution in [2.45, 2.75) is 38.8 Å². The zero-order chi connectivity index (χ0) is 16.3. The molecule has 130 valence electrons. The lowest BCUT2D eigenvalue weighted by Gasteiger charge is -2.32. The minimum Gasteiger partial charge on any atom is -0.494 e. The predicted molar refractivity (Wildman–Crippen MR) is 91.9 cm³/mol. The fraction of sp³-hybridized carbons (Fsp3) is 0.667. The molecule has 1 aromatic rings. The number of hydrogen-bond acceptors (Lipinski definition) is 5. The largest absolute Gasteiger partial charge is 0.494 e. The van der Waals surface area contributed by atoms with Crippen LogP contribution >= 0.6 is 0 Å². The van der Waals surface area contributed by atoms with Gasteiger partial charge in [0.25, 0.3) is 0 Å². The van der Waals surface area contributed by atoms with Crippen LogP contribution in [-0.2, 0) is 4.74 Å². The molecule has 1 heterocycles. The molecule has 5 nitrogen and oxygen atoms in total. The van der Waals surface area contributed by atoms with Crippen molar-refractivity contribution < 1.29 is 14.2 Å². The highest BCUT2D eigenvalue weighted by Crippen LogP contribution is 2.20. The van der Waals surface area contributed by atoms with Crippen LogP contribution in [0, 0.1) is 0 Å². The maximum absolute atomic E-state index is 5.98. The van der Waals surface area contributed by atoms with E-state index >= 15 is 0 Å². The minimum atomic E-state index is 0.0632. The van der Waals surface area contributed by atoms with Crippen molar-refractivity contribution in [1.29, 1.82) is 0 Å². The Morgan fingerprint density at radius 2 is 1.70 bits per heavy atom. The molecule has 23 heavy (non-hydrogen) atoms. The van der Waals surface area contributed by atoms with Gasteiger partial charge in [-0.15, -0.1) is 0 Å². The summed E-state index contributed by atoms with van der Waals surface area (Å²) in [5, 5.41) is 0. The van der Waals surface area contributed by atoms with Crippen molar-refractivity contribution in [1.82, 2.24) is 4.90 Å². The molecule has 0 amide bonds. The van der Waals surface area contributed by atoms with Gasteiger partial charge in [0.15, 0.2) is 0 Å². The molecule has 0 saturated carbocycles. The number of benzene rings is 1. The average molecular weight is 322 g/mol. The fourth-order valence-electron chi connectivity index (χ4n) is 2.62. The normalized spacial score (nSPS) is 17.0. The topological polar surface area (TPSA) is 57.0 Å². The predicted octanol–water partition coefficient (Wildman–Crippen LogP) is 2.64. The van der Waals surface area contributed by atoms with Crippen molar-refractivity contribution in [2.75, 3.05) is 39.5 Å². The molecule has 2 N–H and O–H groups in total. The first-order valence-electron chi connectivity index (χ1n) is 8.71. The lowest BCUT2D eigenvalue weighted by atomic mass is 10.2. The molecule has 0 bridgehead atoms. The fourth-order valence-corrected chi connectivity index (χ4v) is 2.62. The van der Waals surface area contributed by atoms with Gasteiger partial charge in [-0.3, -0.25) is 4.90 Å². The van der Waals surface area contributed by atoms with Gasteiger partial charge in [0.2, 0.25) is 0 Å². The lowest BCUT2D eigenvalue weighted by Crippen LogP contribution is -2.44. The summed E-state index contributed by atoms with van der Waals surface area (Å²) >= 11 is 0. The Kier molecular flexibility index (Phi) is 8.21. The Hall–Kier alpha value is -1.30. The van der Waals surface area contributed by atoms with Crippen LogP contribution in [-0.4, -0.2) is 50.6 Å². The quantitative estimate of drug-likeness (QED) is 0.671. The molecule has 5 heteroatoms. The number of hydrogen-bond donors (Lipinski definition) is 1. The summed E-state index contributed by atoms with van der Waals surface area (Å²) in [6, 6.07) is 7.89. The molecule has 2 rings (SSSR count). The molecule has 1 aromatic carbocycles. The maximum atomic E-state index is 5.98. The smallest absolute Gasteiger partial charge is 0.149 e. The Balaban J connectivity index is 1.67. The summed E-state index contributed by atoms with van der Waals surface area (Å²) in [6.07, 6.45) is 4.61. The molecular weight excluding hydrogens is 292 g/mol. The third-order valence-corrected chi connectivity index (χ3v) is 4.06. The maximum Gasteiger partial charge on any atom is 0.149 e. The van der Waals surface area contributed by atoms with Gasteiger partial charge in [-0.25, -0.2) is 0 Å². The van der Waals surface area contributed by atoms with Crippen LogP contribution in [0.2, 0.25) is 0 Å². The molecule has 0 spiro atoms. The van der Waals surface area contributed by atoms with Crippen molar-refractivity contribution in [3.05, 3.63) is 24.3 Å². The van der Waals surface area contributed by atoms with Crippen LogP contribution in [0.5, 0.6) is 11.5 Å². The molecule has 0 radical (unpaired) electrons. The highest BCUT2D eigenvalue weighted by molar-refractivity contribution is 5.31. The SMILES string of the molecule is CC(Oc1ccc(OCCCCCCN)cc1)N1CCOCC1. The second-order valence-corrected chi connectivity index (χ2v) is 5.89. The number of rotatable bonds is 10. The third kappa shape index (κ3) is 6.77. The van der Waals surface area contributed by atoms with E-state index in [4.69, 9.17) is 19.9 Å². The van der Waals surface area contributed by atoms with Gasteiger partial charge in [-0.2, -0.15) is 0 Å². The second kappa shape index (κ2) is 10.5. The number of unbranched alkanes of at least 4 members (excludes halogenated alkanes) is 3. The molecule has 1 aliphatic heterocycles. The monoisotopic (exact) mass is 322 g/mol. The van der Waals surface area contributed by atoms with Gasteiger partial charge in [0.1, 0.15) is 17.7 Å². The number of nitrogens with zero attached hydrogens (tertiary/aromatic N) is 1. The molecule has 0 aliphatic carbocycles. The van der Waals surface area contributed by atoms with E-state index in [0.717, 1.165) is 63.8 Å². The number of nitrogens with two attached hydrogens (primary N) is 1. The van der Waals surface area contributed by atoms with E-state index in [9.17, 15) is 0 Å².